The molecule has 0 aromatic carbocycles. The number of aliphatic hydroxyl groups is 2. The highest BCUT2D eigenvalue weighted by molar-refractivity contribution is 4.66. The summed E-state index contributed by atoms with van der Waals surface area (Å²) in [4.78, 5) is 0. The van der Waals surface area contributed by atoms with Crippen molar-refractivity contribution in [2.45, 2.75) is 64.9 Å². The molecule has 0 aromatic heterocycles. The molecule has 0 fully saturated rings. The van der Waals surface area contributed by atoms with Gasteiger partial charge >= 0.3 is 0 Å². The molecule has 0 saturated heterocycles. The normalized spacial score (nSPS) is 13.5. The predicted molar refractivity (Wildman–Crippen MR) is 60.2 cm³/mol. The van der Waals surface area contributed by atoms with Crippen molar-refractivity contribution in [3.63, 3.8) is 0 Å². The Kier molecular flexibility index (Phi) is 9.42. The molecule has 2 heteroatoms. The van der Waals surface area contributed by atoms with Gasteiger partial charge in [0.1, 0.15) is 0 Å². The summed E-state index contributed by atoms with van der Waals surface area (Å²) in [5.74, 6) is 0.479. The standard InChI is InChI=1S/C12H26O2/c1-3-11(4-2)12(14)9-7-5-6-8-10-13/h11-14H,3-10H2,1-2H3. The van der Waals surface area contributed by atoms with Gasteiger partial charge < -0.3 is 10.2 Å². The van der Waals surface area contributed by atoms with Crippen LogP contribution in [0.5, 0.6) is 0 Å². The van der Waals surface area contributed by atoms with Crippen LogP contribution in [0.25, 0.3) is 0 Å². The van der Waals surface area contributed by atoms with Gasteiger partial charge in [-0.2, -0.15) is 0 Å². The minimum absolute atomic E-state index is 0.112. The SMILES string of the molecule is CCC(CC)C(O)CCCCCCO. The molecule has 0 bridgehead atoms. The number of aliphatic hydroxyl groups excluding tert-OH is 2. The molecular weight excluding hydrogens is 176 g/mol. The molecule has 0 aliphatic heterocycles. The maximum absolute atomic E-state index is 9.82. The molecule has 0 aromatic rings. The molecule has 2 N–H and O–H groups in total. The lowest BCUT2D eigenvalue weighted by molar-refractivity contribution is 0.0913. The lowest BCUT2D eigenvalue weighted by Gasteiger charge is -2.19. The van der Waals surface area contributed by atoms with Crippen LogP contribution in [-0.2, 0) is 0 Å². The molecule has 0 rings (SSSR count). The predicted octanol–water partition coefficient (Wildman–Crippen LogP) is 2.73. The molecular formula is C12H26O2. The van der Waals surface area contributed by atoms with Gasteiger partial charge in [-0.3, -0.25) is 0 Å². The van der Waals surface area contributed by atoms with E-state index in [1.54, 1.807) is 0 Å². The Morgan fingerprint density at radius 1 is 0.929 bits per heavy atom. The Bertz CT molecular complexity index is 111. The monoisotopic (exact) mass is 202 g/mol. The van der Waals surface area contributed by atoms with Crippen molar-refractivity contribution in [2.24, 2.45) is 5.92 Å². The van der Waals surface area contributed by atoms with Crippen LogP contribution in [0.15, 0.2) is 0 Å². The van der Waals surface area contributed by atoms with Gasteiger partial charge in [-0.15, -0.1) is 0 Å². The van der Waals surface area contributed by atoms with E-state index >= 15 is 0 Å². The third kappa shape index (κ3) is 6.39. The van der Waals surface area contributed by atoms with Crippen molar-refractivity contribution in [1.82, 2.24) is 0 Å². The first-order valence-electron chi connectivity index (χ1n) is 6.05. The molecule has 2 nitrogen and oxygen atoms in total. The molecule has 0 aliphatic carbocycles. The fourth-order valence-corrected chi connectivity index (χ4v) is 1.89. The summed E-state index contributed by atoms with van der Waals surface area (Å²) < 4.78 is 0. The van der Waals surface area contributed by atoms with Gasteiger partial charge in [-0.25, -0.2) is 0 Å². The van der Waals surface area contributed by atoms with Crippen LogP contribution in [0.2, 0.25) is 0 Å². The van der Waals surface area contributed by atoms with Crippen LogP contribution >= 0.6 is 0 Å². The van der Waals surface area contributed by atoms with Gasteiger partial charge in [0.2, 0.25) is 0 Å². The summed E-state index contributed by atoms with van der Waals surface area (Å²) in [7, 11) is 0. The van der Waals surface area contributed by atoms with Crippen LogP contribution in [-0.4, -0.2) is 22.9 Å². The van der Waals surface area contributed by atoms with E-state index in [1.165, 1.54) is 0 Å². The van der Waals surface area contributed by atoms with Crippen molar-refractivity contribution < 1.29 is 10.2 Å². The molecule has 0 amide bonds. The second-order valence-electron chi connectivity index (χ2n) is 4.07. The van der Waals surface area contributed by atoms with Gasteiger partial charge in [-0.1, -0.05) is 46.0 Å². The number of hydrogen-bond acceptors (Lipinski definition) is 2. The summed E-state index contributed by atoms with van der Waals surface area (Å²) in [6.45, 7) is 4.58. The smallest absolute Gasteiger partial charge is 0.0568 e. The maximum Gasteiger partial charge on any atom is 0.0568 e. The molecule has 0 saturated carbocycles. The second-order valence-corrected chi connectivity index (χ2v) is 4.07. The number of rotatable bonds is 9. The minimum Gasteiger partial charge on any atom is -0.396 e. The zero-order valence-corrected chi connectivity index (χ0v) is 9.71. The molecule has 0 spiro atoms. The average Bonchev–Trinajstić information content (AvgIpc) is 2.19. The van der Waals surface area contributed by atoms with Crippen LogP contribution in [0.4, 0.5) is 0 Å². The van der Waals surface area contributed by atoms with E-state index in [0.29, 0.717) is 12.5 Å². The topological polar surface area (TPSA) is 40.5 Å². The summed E-state index contributed by atoms with van der Waals surface area (Å²) in [5.41, 5.74) is 0. The highest BCUT2D eigenvalue weighted by atomic mass is 16.3. The van der Waals surface area contributed by atoms with Crippen molar-refractivity contribution in [3.8, 4) is 0 Å². The van der Waals surface area contributed by atoms with E-state index < -0.39 is 0 Å². The molecule has 0 radical (unpaired) electrons. The highest BCUT2D eigenvalue weighted by Crippen LogP contribution is 2.18. The van der Waals surface area contributed by atoms with Crippen molar-refractivity contribution in [1.29, 1.82) is 0 Å². The van der Waals surface area contributed by atoms with E-state index in [2.05, 4.69) is 13.8 Å². The fourth-order valence-electron chi connectivity index (χ4n) is 1.89. The van der Waals surface area contributed by atoms with E-state index in [9.17, 15) is 5.11 Å². The molecule has 1 atom stereocenters. The Morgan fingerprint density at radius 3 is 2.00 bits per heavy atom. The summed E-state index contributed by atoms with van der Waals surface area (Å²) >= 11 is 0. The van der Waals surface area contributed by atoms with Gasteiger partial charge in [0.15, 0.2) is 0 Å². The van der Waals surface area contributed by atoms with Gasteiger partial charge in [0.25, 0.3) is 0 Å². The largest absolute Gasteiger partial charge is 0.396 e. The van der Waals surface area contributed by atoms with Crippen molar-refractivity contribution in [3.05, 3.63) is 0 Å². The highest BCUT2D eigenvalue weighted by Gasteiger charge is 2.14. The quantitative estimate of drug-likeness (QED) is 0.564. The molecule has 14 heavy (non-hydrogen) atoms. The van der Waals surface area contributed by atoms with E-state index in [1.807, 2.05) is 0 Å². The maximum atomic E-state index is 9.82. The molecule has 86 valence electrons. The van der Waals surface area contributed by atoms with Gasteiger partial charge in [-0.05, 0) is 18.8 Å². The fraction of sp³-hybridized carbons (Fsp3) is 1.00. The molecule has 0 heterocycles. The van der Waals surface area contributed by atoms with Gasteiger partial charge in [0, 0.05) is 6.61 Å². The van der Waals surface area contributed by atoms with E-state index in [4.69, 9.17) is 5.11 Å². The Labute approximate surface area is 88.3 Å². The van der Waals surface area contributed by atoms with Crippen molar-refractivity contribution >= 4 is 0 Å². The van der Waals surface area contributed by atoms with E-state index in [-0.39, 0.29) is 6.10 Å². The Morgan fingerprint density at radius 2 is 1.50 bits per heavy atom. The van der Waals surface area contributed by atoms with Crippen LogP contribution in [0.1, 0.15) is 58.8 Å². The molecule has 0 aliphatic rings. The first kappa shape index (κ1) is 13.9. The zero-order valence-electron chi connectivity index (χ0n) is 9.71. The van der Waals surface area contributed by atoms with Crippen LogP contribution in [0.3, 0.4) is 0 Å². The first-order chi connectivity index (χ1) is 6.76. The lowest BCUT2D eigenvalue weighted by Crippen LogP contribution is -2.18. The molecule has 1 unspecified atom stereocenters. The van der Waals surface area contributed by atoms with E-state index in [0.717, 1.165) is 44.9 Å². The minimum atomic E-state index is -0.112. The van der Waals surface area contributed by atoms with Crippen molar-refractivity contribution in [2.75, 3.05) is 6.61 Å². The van der Waals surface area contributed by atoms with Crippen LogP contribution < -0.4 is 0 Å². The Hall–Kier alpha value is -0.0800. The lowest BCUT2D eigenvalue weighted by atomic mass is 9.93. The van der Waals surface area contributed by atoms with Gasteiger partial charge in [0.05, 0.1) is 6.10 Å². The summed E-state index contributed by atoms with van der Waals surface area (Å²) in [6, 6.07) is 0. The second kappa shape index (κ2) is 9.47. The zero-order chi connectivity index (χ0) is 10.8. The summed E-state index contributed by atoms with van der Waals surface area (Å²) in [6.07, 6.45) is 7.20. The number of hydrogen-bond donors (Lipinski definition) is 2. The average molecular weight is 202 g/mol. The third-order valence-electron chi connectivity index (χ3n) is 3.00. The summed E-state index contributed by atoms with van der Waals surface area (Å²) in [5, 5.41) is 18.4. The Balaban J connectivity index is 3.37. The first-order valence-corrected chi connectivity index (χ1v) is 6.05. The van der Waals surface area contributed by atoms with Crippen LogP contribution in [0, 0.1) is 5.92 Å². The number of unbranched alkanes of at least 4 members (excludes halogenated alkanes) is 3. The third-order valence-corrected chi connectivity index (χ3v) is 3.00.